The van der Waals surface area contributed by atoms with Gasteiger partial charge < -0.3 is 9.97 Å². The van der Waals surface area contributed by atoms with Crippen LogP contribution in [-0.4, -0.2) is 19.9 Å². The zero-order valence-corrected chi connectivity index (χ0v) is 21.7. The summed E-state index contributed by atoms with van der Waals surface area (Å²) in [5.41, 5.74) is 12.7. The maximum atomic E-state index is 5.26. The minimum Gasteiger partial charge on any atom is -0.355 e. The molecule has 0 spiro atoms. The van der Waals surface area contributed by atoms with E-state index < -0.39 is 0 Å². The Morgan fingerprint density at radius 2 is 1.21 bits per heavy atom. The van der Waals surface area contributed by atoms with E-state index in [4.69, 9.17) is 9.97 Å². The van der Waals surface area contributed by atoms with Crippen molar-refractivity contribution in [1.82, 2.24) is 19.9 Å². The van der Waals surface area contributed by atoms with E-state index in [1.54, 1.807) is 0 Å². The van der Waals surface area contributed by atoms with Gasteiger partial charge in [-0.2, -0.15) is 0 Å². The minimum atomic E-state index is -0.0229. The molecule has 8 bridgehead atoms. The van der Waals surface area contributed by atoms with Crippen LogP contribution in [0.3, 0.4) is 0 Å². The summed E-state index contributed by atoms with van der Waals surface area (Å²) in [6.45, 7) is 2.19. The molecule has 0 fully saturated rings. The van der Waals surface area contributed by atoms with Gasteiger partial charge in [-0.15, -0.1) is 0 Å². The van der Waals surface area contributed by atoms with Crippen LogP contribution in [0.2, 0.25) is 0 Å². The Labute approximate surface area is 227 Å². The molecule has 2 N–H and O–H groups in total. The smallest absolute Gasteiger partial charge is 0.0703 e. The highest BCUT2D eigenvalue weighted by Crippen LogP contribution is 2.39. The Morgan fingerprint density at radius 3 is 1.82 bits per heavy atom. The fraction of sp³-hybridized carbons (Fsp3) is 0.0857. The molecule has 2 aromatic carbocycles. The van der Waals surface area contributed by atoms with Crippen molar-refractivity contribution >= 4 is 45.9 Å². The number of hydrogen-bond acceptors (Lipinski definition) is 2. The molecular formula is C35H28N4. The maximum Gasteiger partial charge on any atom is 0.0703 e. The van der Waals surface area contributed by atoms with Crippen LogP contribution in [0.25, 0.3) is 45.9 Å². The van der Waals surface area contributed by atoms with Crippen LogP contribution in [0.4, 0.5) is 0 Å². The molecule has 4 nitrogen and oxygen atoms in total. The second-order valence-electron chi connectivity index (χ2n) is 10.00. The van der Waals surface area contributed by atoms with E-state index in [2.05, 4.69) is 138 Å². The number of nitrogens with one attached hydrogen (secondary N) is 2. The first-order valence-electron chi connectivity index (χ1n) is 13.4. The molecular weight excluding hydrogens is 476 g/mol. The highest BCUT2D eigenvalue weighted by atomic mass is 14.8. The maximum absolute atomic E-state index is 5.26. The monoisotopic (exact) mass is 504 g/mol. The number of benzene rings is 2. The number of fused-ring (bicyclic) bond motifs is 8. The number of aromatic nitrogens is 4. The first kappa shape index (κ1) is 23.2. The summed E-state index contributed by atoms with van der Waals surface area (Å²) < 4.78 is 0. The molecule has 2 aliphatic rings. The average molecular weight is 505 g/mol. The van der Waals surface area contributed by atoms with Gasteiger partial charge in [0, 0.05) is 33.5 Å². The van der Waals surface area contributed by atoms with Gasteiger partial charge in [-0.25, -0.2) is 9.97 Å². The Balaban J connectivity index is 1.61. The number of allylic oxidation sites excluding steroid dienone is 1. The molecule has 2 aliphatic heterocycles. The van der Waals surface area contributed by atoms with Crippen LogP contribution in [0.15, 0.2) is 103 Å². The van der Waals surface area contributed by atoms with Gasteiger partial charge in [-0.1, -0.05) is 67.6 Å². The van der Waals surface area contributed by atoms with Crippen LogP contribution < -0.4 is 0 Å². The molecule has 39 heavy (non-hydrogen) atoms. The lowest BCUT2D eigenvalue weighted by atomic mass is 9.83. The minimum absolute atomic E-state index is 0.0229. The zero-order chi connectivity index (χ0) is 26.2. The lowest BCUT2D eigenvalue weighted by Crippen LogP contribution is -2.07. The van der Waals surface area contributed by atoms with Crippen molar-refractivity contribution in [2.75, 3.05) is 0 Å². The van der Waals surface area contributed by atoms with Crippen LogP contribution >= 0.6 is 0 Å². The van der Waals surface area contributed by atoms with E-state index in [0.717, 1.165) is 56.8 Å². The third-order valence-electron chi connectivity index (χ3n) is 7.40. The highest BCUT2D eigenvalue weighted by molar-refractivity contribution is 5.87. The van der Waals surface area contributed by atoms with E-state index in [1.165, 1.54) is 16.7 Å². The summed E-state index contributed by atoms with van der Waals surface area (Å²) in [7, 11) is 0. The van der Waals surface area contributed by atoms with E-state index in [9.17, 15) is 0 Å². The molecule has 188 valence electrons. The predicted molar refractivity (Wildman–Crippen MR) is 162 cm³/mol. The van der Waals surface area contributed by atoms with Crippen LogP contribution in [0.5, 0.6) is 0 Å². The number of hydrogen-bond donors (Lipinski definition) is 2. The van der Waals surface area contributed by atoms with Gasteiger partial charge in [0.2, 0.25) is 0 Å². The number of H-pyrrole nitrogens is 2. The largest absolute Gasteiger partial charge is 0.355 e. The SMILES string of the molecule is CCC1=Cc2nc1cc1ccc(cc3ccc(cc4nc(c2C(c2ccccc2)c2ccccc2)C=C4)[nH]3)[nH]1. The van der Waals surface area contributed by atoms with E-state index >= 15 is 0 Å². The molecule has 0 saturated carbocycles. The summed E-state index contributed by atoms with van der Waals surface area (Å²) in [6.07, 6.45) is 7.38. The van der Waals surface area contributed by atoms with Crippen molar-refractivity contribution in [2.24, 2.45) is 0 Å². The number of nitrogens with zero attached hydrogens (tertiary/aromatic N) is 2. The molecule has 5 aromatic rings. The quantitative estimate of drug-likeness (QED) is 0.252. The van der Waals surface area contributed by atoms with Crippen molar-refractivity contribution in [3.8, 4) is 0 Å². The second kappa shape index (κ2) is 9.73. The first-order valence-corrected chi connectivity index (χ1v) is 13.4. The van der Waals surface area contributed by atoms with Gasteiger partial charge in [0.15, 0.2) is 0 Å². The fourth-order valence-corrected chi connectivity index (χ4v) is 5.54. The average Bonchev–Trinajstić information content (AvgIpc) is 3.77. The third-order valence-corrected chi connectivity index (χ3v) is 7.40. The Hall–Kier alpha value is -4.96. The molecule has 0 saturated heterocycles. The standard InChI is InChI=1S/C35H28N4/c1-2-23-19-33-35(34(24-9-5-3-6-10-24)25-11-7-4-8-12-25)31-18-17-29(38-31)21-28-14-13-26(36-28)20-27-15-16-30(37-27)22-32(23)39-33/h3-22,34,36-37H,2H2,1H3. The second-order valence-corrected chi connectivity index (χ2v) is 10.00. The van der Waals surface area contributed by atoms with Crippen LogP contribution in [-0.2, 0) is 0 Å². The van der Waals surface area contributed by atoms with Crippen LogP contribution in [0, 0.1) is 0 Å². The Morgan fingerprint density at radius 1 is 0.615 bits per heavy atom. The van der Waals surface area contributed by atoms with Crippen molar-refractivity contribution in [2.45, 2.75) is 19.3 Å². The molecule has 3 aromatic heterocycles. The molecule has 0 amide bonds. The van der Waals surface area contributed by atoms with Crippen LogP contribution in [0.1, 0.15) is 58.7 Å². The van der Waals surface area contributed by atoms with Gasteiger partial charge in [0.1, 0.15) is 0 Å². The summed E-state index contributed by atoms with van der Waals surface area (Å²) in [5.74, 6) is -0.0229. The van der Waals surface area contributed by atoms with Gasteiger partial charge in [0.25, 0.3) is 0 Å². The normalized spacial score (nSPS) is 12.6. The molecule has 5 heterocycles. The van der Waals surface area contributed by atoms with Crippen molar-refractivity contribution in [1.29, 1.82) is 0 Å². The summed E-state index contributed by atoms with van der Waals surface area (Å²) in [6, 6.07) is 36.1. The Kier molecular flexibility index (Phi) is 5.78. The predicted octanol–water partition coefficient (Wildman–Crippen LogP) is 8.62. The van der Waals surface area contributed by atoms with Gasteiger partial charge in [-0.3, -0.25) is 0 Å². The van der Waals surface area contributed by atoms with Crippen molar-refractivity contribution in [3.63, 3.8) is 0 Å². The summed E-state index contributed by atoms with van der Waals surface area (Å²) in [5, 5.41) is 0. The first-order chi connectivity index (χ1) is 19.2. The van der Waals surface area contributed by atoms with Gasteiger partial charge in [-0.05, 0) is 83.8 Å². The van der Waals surface area contributed by atoms with E-state index in [0.29, 0.717) is 0 Å². The van der Waals surface area contributed by atoms with E-state index in [1.807, 2.05) is 0 Å². The molecule has 0 atom stereocenters. The van der Waals surface area contributed by atoms with Gasteiger partial charge in [0.05, 0.1) is 22.8 Å². The highest BCUT2D eigenvalue weighted by Gasteiger charge is 2.25. The Bertz CT molecular complexity index is 1850. The zero-order valence-electron chi connectivity index (χ0n) is 21.7. The molecule has 0 unspecified atom stereocenters. The fourth-order valence-electron chi connectivity index (χ4n) is 5.54. The molecule has 0 radical (unpaired) electrons. The molecule has 7 rings (SSSR count). The lowest BCUT2D eigenvalue weighted by Gasteiger charge is -2.20. The third kappa shape index (κ3) is 4.51. The summed E-state index contributed by atoms with van der Waals surface area (Å²) >= 11 is 0. The van der Waals surface area contributed by atoms with Crippen molar-refractivity contribution < 1.29 is 0 Å². The van der Waals surface area contributed by atoms with Gasteiger partial charge >= 0.3 is 0 Å². The number of rotatable bonds is 4. The molecule has 4 heteroatoms. The topological polar surface area (TPSA) is 57.4 Å². The number of aromatic amines is 2. The van der Waals surface area contributed by atoms with E-state index in [-0.39, 0.29) is 5.92 Å². The lowest BCUT2D eigenvalue weighted by molar-refractivity contribution is 0.949. The van der Waals surface area contributed by atoms with Crippen molar-refractivity contribution in [3.05, 3.63) is 143 Å². The molecule has 0 aliphatic carbocycles. The summed E-state index contributed by atoms with van der Waals surface area (Å²) in [4.78, 5) is 17.4.